The Bertz CT molecular complexity index is 1620. The van der Waals surface area contributed by atoms with Crippen LogP contribution in [0.1, 0.15) is 18.1 Å². The highest BCUT2D eigenvalue weighted by atomic mass is 32.2. The number of sulfonamides is 1. The monoisotopic (exact) mass is 607 g/mol. The highest BCUT2D eigenvalue weighted by Crippen LogP contribution is 2.21. The number of hydrogen-bond acceptors (Lipinski definition) is 5. The lowest BCUT2D eigenvalue weighted by Gasteiger charge is -2.31. The number of carbonyl (C=O) groups excluding carboxylic acids is 2. The topological polar surface area (TPSA) is 105 Å². The van der Waals surface area contributed by atoms with Crippen LogP contribution in [0.2, 0.25) is 0 Å². The number of carbonyl (C=O) groups is 2. The van der Waals surface area contributed by atoms with Crippen LogP contribution in [0, 0.1) is 11.6 Å². The summed E-state index contributed by atoms with van der Waals surface area (Å²) in [6.07, 6.45) is 0.243. The van der Waals surface area contributed by atoms with Crippen LogP contribution in [-0.2, 0) is 32.6 Å². The zero-order valence-electron chi connectivity index (χ0n) is 23.4. The van der Waals surface area contributed by atoms with Gasteiger partial charge in [0.15, 0.2) is 6.61 Å². The van der Waals surface area contributed by atoms with E-state index in [1.807, 2.05) is 30.3 Å². The molecule has 0 fully saturated rings. The first-order valence-electron chi connectivity index (χ1n) is 13.5. The van der Waals surface area contributed by atoms with Crippen molar-refractivity contribution in [3.63, 3.8) is 0 Å². The van der Waals surface area contributed by atoms with Gasteiger partial charge < -0.3 is 15.0 Å². The molecule has 43 heavy (non-hydrogen) atoms. The van der Waals surface area contributed by atoms with Crippen molar-refractivity contribution in [1.82, 2.24) is 10.2 Å². The van der Waals surface area contributed by atoms with Gasteiger partial charge in [0, 0.05) is 25.2 Å². The molecule has 0 radical (unpaired) electrons. The third-order valence-electron chi connectivity index (χ3n) is 6.48. The molecule has 0 aliphatic heterocycles. The van der Waals surface area contributed by atoms with Gasteiger partial charge in [-0.25, -0.2) is 17.2 Å². The van der Waals surface area contributed by atoms with E-state index < -0.39 is 40.2 Å². The molecule has 11 heteroatoms. The molecule has 2 amide bonds. The van der Waals surface area contributed by atoms with E-state index in [-0.39, 0.29) is 35.2 Å². The van der Waals surface area contributed by atoms with Gasteiger partial charge in [0.2, 0.25) is 5.91 Å². The van der Waals surface area contributed by atoms with Gasteiger partial charge in [-0.2, -0.15) is 0 Å². The highest BCUT2D eigenvalue weighted by Gasteiger charge is 2.30. The lowest BCUT2D eigenvalue weighted by molar-refractivity contribution is -0.142. The Kier molecular flexibility index (Phi) is 10.4. The summed E-state index contributed by atoms with van der Waals surface area (Å²) in [6.45, 7) is 1.74. The summed E-state index contributed by atoms with van der Waals surface area (Å²) >= 11 is 0. The Morgan fingerprint density at radius 3 is 2.02 bits per heavy atom. The average Bonchev–Trinajstić information content (AvgIpc) is 3.00. The first-order chi connectivity index (χ1) is 20.6. The highest BCUT2D eigenvalue weighted by molar-refractivity contribution is 7.92. The number of likely N-dealkylation sites (N-methyl/N-ethyl adjacent to an activating group) is 1. The van der Waals surface area contributed by atoms with Gasteiger partial charge >= 0.3 is 0 Å². The SMILES string of the molecule is CCNC(=O)[C@@H](Cc1ccccc1)N(Cc1ccc(F)cc1)C(=O)COc1ccc(S(=O)(=O)Nc2ccc(F)cc2)cc1. The molecule has 2 N–H and O–H groups in total. The Morgan fingerprint density at radius 2 is 1.42 bits per heavy atom. The van der Waals surface area contributed by atoms with Gasteiger partial charge in [-0.3, -0.25) is 14.3 Å². The van der Waals surface area contributed by atoms with Crippen LogP contribution in [-0.4, -0.2) is 44.3 Å². The third-order valence-corrected chi connectivity index (χ3v) is 7.88. The summed E-state index contributed by atoms with van der Waals surface area (Å²) in [5.41, 5.74) is 1.67. The van der Waals surface area contributed by atoms with Crippen molar-refractivity contribution < 1.29 is 31.5 Å². The summed E-state index contributed by atoms with van der Waals surface area (Å²) in [4.78, 5) is 28.1. The van der Waals surface area contributed by atoms with Crippen LogP contribution in [0.15, 0.2) is 108 Å². The number of rotatable bonds is 13. The quantitative estimate of drug-likeness (QED) is 0.225. The predicted molar refractivity (Wildman–Crippen MR) is 159 cm³/mol. The molecule has 0 heterocycles. The number of halogens is 2. The summed E-state index contributed by atoms with van der Waals surface area (Å²) in [7, 11) is -3.96. The molecule has 4 aromatic carbocycles. The van der Waals surface area contributed by atoms with E-state index >= 15 is 0 Å². The summed E-state index contributed by atoms with van der Waals surface area (Å²) in [6, 6.07) is 24.4. The van der Waals surface area contributed by atoms with Crippen molar-refractivity contribution in [2.45, 2.75) is 30.8 Å². The van der Waals surface area contributed by atoms with Crippen LogP contribution in [0.5, 0.6) is 5.75 Å². The number of amides is 2. The number of anilines is 1. The number of benzene rings is 4. The van der Waals surface area contributed by atoms with Crippen molar-refractivity contribution in [1.29, 1.82) is 0 Å². The Balaban J connectivity index is 1.51. The maximum absolute atomic E-state index is 13.6. The van der Waals surface area contributed by atoms with Crippen molar-refractivity contribution in [3.8, 4) is 5.75 Å². The second-order valence-electron chi connectivity index (χ2n) is 9.62. The van der Waals surface area contributed by atoms with E-state index in [0.29, 0.717) is 12.1 Å². The molecule has 0 aliphatic carbocycles. The number of nitrogens with one attached hydrogen (secondary N) is 2. The van der Waals surface area contributed by atoms with Gasteiger partial charge in [0.05, 0.1) is 4.90 Å². The van der Waals surface area contributed by atoms with Crippen molar-refractivity contribution >= 4 is 27.5 Å². The Morgan fingerprint density at radius 1 is 0.814 bits per heavy atom. The van der Waals surface area contributed by atoms with Crippen LogP contribution in [0.25, 0.3) is 0 Å². The van der Waals surface area contributed by atoms with Gasteiger partial charge in [-0.15, -0.1) is 0 Å². The fourth-order valence-corrected chi connectivity index (χ4v) is 5.37. The predicted octanol–water partition coefficient (Wildman–Crippen LogP) is 4.92. The molecule has 1 atom stereocenters. The Labute approximate surface area is 249 Å². The number of nitrogens with zero attached hydrogens (tertiary/aromatic N) is 1. The van der Waals surface area contributed by atoms with Crippen LogP contribution >= 0.6 is 0 Å². The van der Waals surface area contributed by atoms with Crippen LogP contribution in [0.3, 0.4) is 0 Å². The van der Waals surface area contributed by atoms with E-state index in [9.17, 15) is 26.8 Å². The zero-order valence-corrected chi connectivity index (χ0v) is 24.2. The van der Waals surface area contributed by atoms with Gasteiger partial charge in [0.1, 0.15) is 23.4 Å². The maximum Gasteiger partial charge on any atom is 0.261 e. The number of ether oxygens (including phenoxy) is 1. The molecule has 0 saturated heterocycles. The Hall–Kier alpha value is -4.77. The molecule has 4 aromatic rings. The molecule has 0 aromatic heterocycles. The molecule has 0 aliphatic rings. The maximum atomic E-state index is 13.6. The van der Waals surface area contributed by atoms with E-state index in [4.69, 9.17) is 4.74 Å². The van der Waals surface area contributed by atoms with Gasteiger partial charge in [-0.1, -0.05) is 42.5 Å². The normalized spacial score (nSPS) is 11.8. The summed E-state index contributed by atoms with van der Waals surface area (Å²) < 4.78 is 60.2. The summed E-state index contributed by atoms with van der Waals surface area (Å²) in [5.74, 6) is -1.52. The molecular weight excluding hydrogens is 576 g/mol. The molecule has 8 nitrogen and oxygen atoms in total. The van der Waals surface area contributed by atoms with Crippen LogP contribution < -0.4 is 14.8 Å². The minimum atomic E-state index is -3.96. The summed E-state index contributed by atoms with van der Waals surface area (Å²) in [5, 5.41) is 2.80. The molecule has 4 rings (SSSR count). The van der Waals surface area contributed by atoms with Crippen LogP contribution in [0.4, 0.5) is 14.5 Å². The van der Waals surface area contributed by atoms with E-state index in [2.05, 4.69) is 10.0 Å². The largest absolute Gasteiger partial charge is 0.484 e. The molecule has 224 valence electrons. The lowest BCUT2D eigenvalue weighted by atomic mass is 10.0. The molecular formula is C32H31F2N3O5S. The molecule has 0 bridgehead atoms. The second-order valence-corrected chi connectivity index (χ2v) is 11.3. The first kappa shape index (κ1) is 31.2. The van der Waals surface area contributed by atoms with Crippen molar-refractivity contribution in [2.75, 3.05) is 17.9 Å². The lowest BCUT2D eigenvalue weighted by Crippen LogP contribution is -2.51. The van der Waals surface area contributed by atoms with Gasteiger partial charge in [-0.05, 0) is 78.7 Å². The first-order valence-corrected chi connectivity index (χ1v) is 15.0. The fourth-order valence-electron chi connectivity index (χ4n) is 4.31. The van der Waals surface area contributed by atoms with Gasteiger partial charge in [0.25, 0.3) is 15.9 Å². The zero-order chi connectivity index (χ0) is 30.8. The second kappa shape index (κ2) is 14.4. The average molecular weight is 608 g/mol. The minimum absolute atomic E-state index is 0.0311. The molecule has 0 saturated carbocycles. The third kappa shape index (κ3) is 8.86. The molecule has 0 spiro atoms. The van der Waals surface area contributed by atoms with E-state index in [1.54, 1.807) is 19.1 Å². The fraction of sp³-hybridized carbons (Fsp3) is 0.188. The standard InChI is InChI=1S/C32H31F2N3O5S/c1-2-35-32(39)30(20-23-6-4-3-5-7-23)37(21-24-8-10-25(33)11-9-24)31(38)22-42-28-16-18-29(19-17-28)43(40,41)36-27-14-12-26(34)13-15-27/h3-19,30,36H,2,20-22H2,1H3,(H,35,39)/t30-/m1/s1. The van der Waals surface area contributed by atoms with E-state index in [0.717, 1.165) is 17.7 Å². The minimum Gasteiger partial charge on any atom is -0.484 e. The smallest absolute Gasteiger partial charge is 0.261 e. The van der Waals surface area contributed by atoms with Crippen molar-refractivity contribution in [3.05, 3.63) is 126 Å². The van der Waals surface area contributed by atoms with E-state index in [1.165, 1.54) is 53.4 Å². The van der Waals surface area contributed by atoms with Crippen molar-refractivity contribution in [2.24, 2.45) is 0 Å². The number of hydrogen-bond donors (Lipinski definition) is 2. The molecule has 0 unspecified atom stereocenters.